The van der Waals surface area contributed by atoms with E-state index in [1.54, 1.807) is 13.8 Å². The molecule has 0 saturated carbocycles. The number of hydrogen-bond acceptors (Lipinski definition) is 5. The van der Waals surface area contributed by atoms with Gasteiger partial charge in [0.25, 0.3) is 11.8 Å². The Bertz CT molecular complexity index is 980. The van der Waals surface area contributed by atoms with Crippen molar-refractivity contribution in [1.82, 2.24) is 25.6 Å². The van der Waals surface area contributed by atoms with Crippen molar-refractivity contribution in [2.75, 3.05) is 0 Å². The number of carbonyl (C=O) groups is 2. The van der Waals surface area contributed by atoms with Crippen molar-refractivity contribution in [1.29, 1.82) is 0 Å². The van der Waals surface area contributed by atoms with Gasteiger partial charge in [-0.15, -0.1) is 5.10 Å². The zero-order chi connectivity index (χ0) is 24.3. The van der Waals surface area contributed by atoms with Gasteiger partial charge in [0, 0.05) is 17.8 Å². The average molecular weight is 464 g/mol. The number of aromatic nitrogens is 3. The highest BCUT2D eigenvalue weighted by Gasteiger charge is 2.37. The number of nitrogens with zero attached hydrogens (tertiary/aromatic N) is 3. The second-order valence-corrected chi connectivity index (χ2v) is 6.91. The number of amides is 2. The van der Waals surface area contributed by atoms with Crippen LogP contribution in [0.2, 0.25) is 0 Å². The summed E-state index contributed by atoms with van der Waals surface area (Å²) in [5.41, 5.74) is 6.22. The molecule has 2 rings (SSSR count). The minimum atomic E-state index is -5.01. The molecule has 2 amide bonds. The number of rotatable bonds is 5. The van der Waals surface area contributed by atoms with E-state index < -0.39 is 52.7 Å². The van der Waals surface area contributed by atoms with E-state index in [1.165, 1.54) is 0 Å². The fraction of sp³-hybridized carbons (Fsp3) is 0.333. The standard InChI is InChI=1S/C18H18F6N6O2/c1-9(2)14(25)16(32)28-27-13(31)3-4-30-8-26-15(29-30)10-5-11(17(19,20)21)7-12(6-10)18(22,23)24/h3-9,14H,25H2,1-2H3,(H,27,31)(H,28,32)/t14-/m0/s1. The van der Waals surface area contributed by atoms with Crippen LogP contribution in [0.1, 0.15) is 25.0 Å². The lowest BCUT2D eigenvalue weighted by Crippen LogP contribution is -2.50. The van der Waals surface area contributed by atoms with Crippen LogP contribution in [0.3, 0.4) is 0 Å². The first-order valence-corrected chi connectivity index (χ1v) is 8.93. The molecule has 2 aromatic rings. The molecule has 32 heavy (non-hydrogen) atoms. The zero-order valence-corrected chi connectivity index (χ0v) is 16.6. The maximum atomic E-state index is 13.0. The lowest BCUT2D eigenvalue weighted by atomic mass is 10.0. The molecular weight excluding hydrogens is 446 g/mol. The SMILES string of the molecule is CC(C)[C@H](N)C(=O)NNC(=O)C=Cn1cnc(-c2cc(C(F)(F)F)cc(C(F)(F)F)c2)n1. The Morgan fingerprint density at radius 3 is 2.09 bits per heavy atom. The van der Waals surface area contributed by atoms with Crippen LogP contribution in [0.15, 0.2) is 30.6 Å². The van der Waals surface area contributed by atoms with Gasteiger partial charge in [-0.3, -0.25) is 20.4 Å². The summed E-state index contributed by atoms with van der Waals surface area (Å²) >= 11 is 0. The van der Waals surface area contributed by atoms with Gasteiger partial charge >= 0.3 is 12.4 Å². The molecule has 0 fully saturated rings. The Morgan fingerprint density at radius 1 is 1.03 bits per heavy atom. The van der Waals surface area contributed by atoms with Crippen molar-refractivity contribution in [2.45, 2.75) is 32.2 Å². The van der Waals surface area contributed by atoms with Gasteiger partial charge in [-0.1, -0.05) is 13.8 Å². The van der Waals surface area contributed by atoms with Gasteiger partial charge < -0.3 is 5.73 Å². The Hall–Kier alpha value is -3.42. The van der Waals surface area contributed by atoms with E-state index in [2.05, 4.69) is 20.9 Å². The molecule has 4 N–H and O–H groups in total. The van der Waals surface area contributed by atoms with Gasteiger partial charge in [0.2, 0.25) is 0 Å². The third kappa shape index (κ3) is 6.54. The van der Waals surface area contributed by atoms with Crippen LogP contribution in [-0.2, 0) is 21.9 Å². The lowest BCUT2D eigenvalue weighted by Gasteiger charge is -2.14. The number of carbonyl (C=O) groups excluding carboxylic acids is 2. The molecule has 0 spiro atoms. The van der Waals surface area contributed by atoms with Gasteiger partial charge in [0.1, 0.15) is 6.33 Å². The maximum absolute atomic E-state index is 13.0. The first-order valence-electron chi connectivity index (χ1n) is 8.93. The number of hydrogen-bond donors (Lipinski definition) is 3. The summed E-state index contributed by atoms with van der Waals surface area (Å²) in [6, 6.07) is 0.105. The highest BCUT2D eigenvalue weighted by molar-refractivity contribution is 5.92. The Balaban J connectivity index is 2.17. The van der Waals surface area contributed by atoms with Crippen LogP contribution < -0.4 is 16.6 Å². The summed E-state index contributed by atoms with van der Waals surface area (Å²) in [5, 5.41) is 3.74. The fourth-order valence-electron chi connectivity index (χ4n) is 2.26. The summed E-state index contributed by atoms with van der Waals surface area (Å²) in [4.78, 5) is 27.1. The van der Waals surface area contributed by atoms with Crippen LogP contribution in [-0.4, -0.2) is 32.6 Å². The van der Waals surface area contributed by atoms with Gasteiger partial charge in [0.05, 0.1) is 17.2 Å². The predicted octanol–water partition coefficient (Wildman–Crippen LogP) is 2.58. The molecule has 0 aliphatic rings. The Labute approximate surface area is 177 Å². The highest BCUT2D eigenvalue weighted by Crippen LogP contribution is 2.38. The molecule has 1 aromatic heterocycles. The molecule has 0 aliphatic heterocycles. The van der Waals surface area contributed by atoms with E-state index >= 15 is 0 Å². The molecule has 0 aliphatic carbocycles. The smallest absolute Gasteiger partial charge is 0.320 e. The van der Waals surface area contributed by atoms with Gasteiger partial charge in [-0.05, 0) is 24.1 Å². The maximum Gasteiger partial charge on any atom is 0.416 e. The van der Waals surface area contributed by atoms with Gasteiger partial charge in [-0.25, -0.2) is 9.67 Å². The molecule has 174 valence electrons. The monoisotopic (exact) mass is 464 g/mol. The number of nitrogens with two attached hydrogens (primary N) is 1. The summed E-state index contributed by atoms with van der Waals surface area (Å²) in [6.45, 7) is 3.41. The number of hydrazine groups is 1. The summed E-state index contributed by atoms with van der Waals surface area (Å²) in [6.07, 6.45) is -7.14. The van der Waals surface area contributed by atoms with E-state index in [1.807, 2.05) is 0 Å². The minimum absolute atomic E-state index is 0.00971. The quantitative estimate of drug-likeness (QED) is 0.358. The predicted molar refractivity (Wildman–Crippen MR) is 99.9 cm³/mol. The molecular formula is C18H18F6N6O2. The molecule has 8 nitrogen and oxygen atoms in total. The molecule has 0 radical (unpaired) electrons. The lowest BCUT2D eigenvalue weighted by molar-refractivity contribution is -0.143. The van der Waals surface area contributed by atoms with E-state index in [-0.39, 0.29) is 12.0 Å². The summed E-state index contributed by atoms with van der Waals surface area (Å²) in [7, 11) is 0. The first-order chi connectivity index (χ1) is 14.7. The summed E-state index contributed by atoms with van der Waals surface area (Å²) < 4.78 is 78.8. The molecule has 0 saturated heterocycles. The van der Waals surface area contributed by atoms with Gasteiger partial charge in [0.15, 0.2) is 5.82 Å². The third-order valence-corrected chi connectivity index (χ3v) is 4.06. The first kappa shape index (κ1) is 24.8. The van der Waals surface area contributed by atoms with Crippen molar-refractivity contribution in [3.8, 4) is 11.4 Å². The number of benzene rings is 1. The minimum Gasteiger partial charge on any atom is -0.320 e. The van der Waals surface area contributed by atoms with E-state index in [4.69, 9.17) is 5.73 Å². The van der Waals surface area contributed by atoms with Crippen molar-refractivity contribution in [3.05, 3.63) is 41.7 Å². The Kier molecular flexibility index (Phi) is 7.28. The normalized spacial score (nSPS) is 13.4. The number of nitrogens with one attached hydrogen (secondary N) is 2. The Morgan fingerprint density at radius 2 is 1.59 bits per heavy atom. The summed E-state index contributed by atoms with van der Waals surface area (Å²) in [5.74, 6) is -2.04. The topological polar surface area (TPSA) is 115 Å². The molecule has 14 heteroatoms. The van der Waals surface area contributed by atoms with Crippen LogP contribution in [0.5, 0.6) is 0 Å². The zero-order valence-electron chi connectivity index (χ0n) is 16.6. The van der Waals surface area contributed by atoms with Crippen molar-refractivity contribution < 1.29 is 35.9 Å². The fourth-order valence-corrected chi connectivity index (χ4v) is 2.26. The molecule has 1 atom stereocenters. The van der Waals surface area contributed by atoms with Crippen LogP contribution in [0.4, 0.5) is 26.3 Å². The molecule has 0 bridgehead atoms. The van der Waals surface area contributed by atoms with Crippen molar-refractivity contribution >= 4 is 18.0 Å². The number of alkyl halides is 6. The second kappa shape index (κ2) is 9.38. The third-order valence-electron chi connectivity index (χ3n) is 4.06. The van der Waals surface area contributed by atoms with Crippen LogP contribution in [0.25, 0.3) is 17.6 Å². The molecule has 1 aromatic carbocycles. The van der Waals surface area contributed by atoms with E-state index in [0.29, 0.717) is 12.1 Å². The highest BCUT2D eigenvalue weighted by atomic mass is 19.4. The average Bonchev–Trinajstić information content (AvgIpc) is 3.17. The van der Waals surface area contributed by atoms with Crippen molar-refractivity contribution in [3.63, 3.8) is 0 Å². The second-order valence-electron chi connectivity index (χ2n) is 6.91. The molecule has 1 heterocycles. The number of halogens is 6. The van der Waals surface area contributed by atoms with E-state index in [0.717, 1.165) is 23.3 Å². The van der Waals surface area contributed by atoms with Crippen LogP contribution >= 0.6 is 0 Å². The van der Waals surface area contributed by atoms with E-state index in [9.17, 15) is 35.9 Å². The molecule has 0 unspecified atom stereocenters. The van der Waals surface area contributed by atoms with Crippen LogP contribution in [0, 0.1) is 5.92 Å². The van der Waals surface area contributed by atoms with Crippen molar-refractivity contribution in [2.24, 2.45) is 11.7 Å². The van der Waals surface area contributed by atoms with Gasteiger partial charge in [-0.2, -0.15) is 26.3 Å². The largest absolute Gasteiger partial charge is 0.416 e.